The number of alkyl halides is 3. The van der Waals surface area contributed by atoms with E-state index in [-0.39, 0.29) is 23.3 Å². The second-order valence-electron chi connectivity index (χ2n) is 5.62. The lowest BCUT2D eigenvalue weighted by Crippen LogP contribution is -2.16. The van der Waals surface area contributed by atoms with Crippen LogP contribution in [0.25, 0.3) is 11.1 Å². The molecule has 0 unspecified atom stereocenters. The molecule has 0 fully saturated rings. The van der Waals surface area contributed by atoms with Gasteiger partial charge in [0, 0.05) is 5.56 Å². The molecule has 0 aliphatic rings. The lowest BCUT2D eigenvalue weighted by atomic mass is 9.96. The first kappa shape index (κ1) is 22.0. The highest BCUT2D eigenvalue weighted by Gasteiger charge is 2.34. The van der Waals surface area contributed by atoms with Gasteiger partial charge in [-0.25, -0.2) is 0 Å². The van der Waals surface area contributed by atoms with Crippen molar-refractivity contribution in [3.8, 4) is 22.9 Å². The number of halogens is 3. The Kier molecular flexibility index (Phi) is 6.65. The molecule has 2 aromatic carbocycles. The van der Waals surface area contributed by atoms with Crippen molar-refractivity contribution < 1.29 is 35.7 Å². The van der Waals surface area contributed by atoms with E-state index in [0.29, 0.717) is 0 Å². The molecule has 0 N–H and O–H groups in total. The van der Waals surface area contributed by atoms with E-state index < -0.39 is 44.9 Å². The molecule has 0 amide bonds. The Balaban J connectivity index is 2.27. The maximum Gasteiger partial charge on any atom is 0.417 e. The van der Waals surface area contributed by atoms with Crippen molar-refractivity contribution >= 4 is 10.1 Å². The molecule has 154 valence electrons. The van der Waals surface area contributed by atoms with E-state index in [4.69, 9.17) is 4.18 Å². The number of rotatable bonds is 8. The van der Waals surface area contributed by atoms with Crippen LogP contribution >= 0.6 is 0 Å². The summed E-state index contributed by atoms with van der Waals surface area (Å²) in [5.74, 6) is -0.753. The van der Waals surface area contributed by atoms with Crippen LogP contribution in [0, 0.1) is 21.4 Å². The molecule has 8 nitrogen and oxygen atoms in total. The summed E-state index contributed by atoms with van der Waals surface area (Å²) in [6.07, 6.45) is -4.93. The standard InChI is InChI=1S/C17H13F3N2O6S/c18-17(19,20)16-7-2-6-14(15(16)11-21)12-4-1-5-13(10-12)28-29(25,26)9-3-8-27-22(23)24/h1-2,4-7,10H,3,8-9H2. The molecule has 0 saturated heterocycles. The first-order valence-electron chi connectivity index (χ1n) is 7.94. The summed E-state index contributed by atoms with van der Waals surface area (Å²) in [7, 11) is -4.13. The molecular formula is C17H13F3N2O6S. The van der Waals surface area contributed by atoms with Gasteiger partial charge < -0.3 is 9.02 Å². The normalized spacial score (nSPS) is 11.5. The quantitative estimate of drug-likeness (QED) is 0.272. The van der Waals surface area contributed by atoms with Gasteiger partial charge in [-0.1, -0.05) is 24.3 Å². The zero-order chi connectivity index (χ0) is 21.7. The largest absolute Gasteiger partial charge is 0.417 e. The number of nitrogens with zero attached hydrogens (tertiary/aromatic N) is 2. The predicted molar refractivity (Wildman–Crippen MR) is 93.6 cm³/mol. The van der Waals surface area contributed by atoms with Gasteiger partial charge >= 0.3 is 16.3 Å². The molecule has 29 heavy (non-hydrogen) atoms. The zero-order valence-corrected chi connectivity index (χ0v) is 15.4. The van der Waals surface area contributed by atoms with Crippen LogP contribution in [0.3, 0.4) is 0 Å². The van der Waals surface area contributed by atoms with Gasteiger partial charge in [-0.3, -0.25) is 0 Å². The lowest BCUT2D eigenvalue weighted by molar-refractivity contribution is -0.757. The Morgan fingerprint density at radius 1 is 1.17 bits per heavy atom. The summed E-state index contributed by atoms with van der Waals surface area (Å²) >= 11 is 0. The Bertz CT molecular complexity index is 1050. The van der Waals surface area contributed by atoms with Crippen LogP contribution in [-0.4, -0.2) is 25.9 Å². The SMILES string of the molecule is N#Cc1c(-c2cccc(OS(=O)(=O)CCCO[N+](=O)[O-])c2)cccc1C(F)(F)F. The van der Waals surface area contributed by atoms with E-state index in [2.05, 4.69) is 4.84 Å². The maximum absolute atomic E-state index is 13.1. The number of hydrogen-bond donors (Lipinski definition) is 0. The fourth-order valence-corrected chi connectivity index (χ4v) is 3.38. The molecule has 12 heteroatoms. The van der Waals surface area contributed by atoms with Gasteiger partial charge in [0.05, 0.1) is 23.5 Å². The number of benzene rings is 2. The first-order valence-corrected chi connectivity index (χ1v) is 9.51. The molecule has 0 heterocycles. The van der Waals surface area contributed by atoms with Crippen LogP contribution in [0.15, 0.2) is 42.5 Å². The van der Waals surface area contributed by atoms with Crippen molar-refractivity contribution in [2.45, 2.75) is 12.6 Å². The minimum Gasteiger partial charge on any atom is -0.382 e. The third-order valence-corrected chi connectivity index (χ3v) is 4.82. The average Bonchev–Trinajstić information content (AvgIpc) is 2.63. The molecule has 2 aromatic rings. The van der Waals surface area contributed by atoms with Crippen molar-refractivity contribution in [1.29, 1.82) is 5.26 Å². The van der Waals surface area contributed by atoms with Crippen molar-refractivity contribution in [2.24, 2.45) is 0 Å². The first-order chi connectivity index (χ1) is 13.5. The maximum atomic E-state index is 13.1. The van der Waals surface area contributed by atoms with Crippen LogP contribution < -0.4 is 4.18 Å². The molecular weight excluding hydrogens is 417 g/mol. The van der Waals surface area contributed by atoms with E-state index in [1.165, 1.54) is 36.4 Å². The monoisotopic (exact) mass is 430 g/mol. The van der Waals surface area contributed by atoms with Crippen LogP contribution in [0.4, 0.5) is 13.2 Å². The lowest BCUT2D eigenvalue weighted by Gasteiger charge is -2.13. The van der Waals surface area contributed by atoms with Crippen LogP contribution in [0.1, 0.15) is 17.5 Å². The molecule has 0 atom stereocenters. The van der Waals surface area contributed by atoms with Crippen molar-refractivity contribution in [3.05, 3.63) is 63.7 Å². The molecule has 0 aliphatic heterocycles. The minimum absolute atomic E-state index is 0.0374. The fourth-order valence-electron chi connectivity index (χ4n) is 2.43. The van der Waals surface area contributed by atoms with Gasteiger partial charge in [-0.15, -0.1) is 10.1 Å². The van der Waals surface area contributed by atoms with Crippen molar-refractivity contribution in [1.82, 2.24) is 0 Å². The third-order valence-electron chi connectivity index (χ3n) is 3.59. The van der Waals surface area contributed by atoms with Gasteiger partial charge in [-0.2, -0.15) is 26.9 Å². The Morgan fingerprint density at radius 2 is 1.86 bits per heavy atom. The van der Waals surface area contributed by atoms with E-state index in [9.17, 15) is 37.0 Å². The molecule has 0 bridgehead atoms. The van der Waals surface area contributed by atoms with Gasteiger partial charge in [0.1, 0.15) is 11.8 Å². The van der Waals surface area contributed by atoms with Crippen LogP contribution in [0.2, 0.25) is 0 Å². The van der Waals surface area contributed by atoms with Crippen molar-refractivity contribution in [3.63, 3.8) is 0 Å². The second kappa shape index (κ2) is 8.78. The summed E-state index contributed by atoms with van der Waals surface area (Å²) in [6, 6.07) is 9.97. The second-order valence-corrected chi connectivity index (χ2v) is 7.31. The van der Waals surface area contributed by atoms with Crippen LogP contribution in [-0.2, 0) is 21.1 Å². The highest BCUT2D eigenvalue weighted by molar-refractivity contribution is 7.87. The average molecular weight is 430 g/mol. The van der Waals surface area contributed by atoms with Crippen molar-refractivity contribution in [2.75, 3.05) is 12.4 Å². The highest BCUT2D eigenvalue weighted by Crippen LogP contribution is 2.37. The summed E-state index contributed by atoms with van der Waals surface area (Å²) in [5.41, 5.74) is -1.60. The molecule has 2 rings (SSSR count). The molecule has 0 saturated carbocycles. The molecule has 0 spiro atoms. The number of hydrogen-bond acceptors (Lipinski definition) is 7. The van der Waals surface area contributed by atoms with Gasteiger partial charge in [0.15, 0.2) is 0 Å². The van der Waals surface area contributed by atoms with Gasteiger partial charge in [0.2, 0.25) is 0 Å². The van der Waals surface area contributed by atoms with E-state index >= 15 is 0 Å². The molecule has 0 radical (unpaired) electrons. The minimum atomic E-state index is -4.73. The predicted octanol–water partition coefficient (Wildman–Crippen LogP) is 3.55. The van der Waals surface area contributed by atoms with E-state index in [0.717, 1.165) is 12.1 Å². The van der Waals surface area contributed by atoms with Gasteiger partial charge in [0.25, 0.3) is 5.09 Å². The Morgan fingerprint density at radius 3 is 2.48 bits per heavy atom. The smallest absolute Gasteiger partial charge is 0.382 e. The fraction of sp³-hybridized carbons (Fsp3) is 0.235. The van der Waals surface area contributed by atoms with Crippen LogP contribution in [0.5, 0.6) is 5.75 Å². The summed E-state index contributed by atoms with van der Waals surface area (Å²) < 4.78 is 68.2. The summed E-state index contributed by atoms with van der Waals surface area (Å²) in [4.78, 5) is 14.0. The summed E-state index contributed by atoms with van der Waals surface area (Å²) in [5, 5.41) is 18.2. The van der Waals surface area contributed by atoms with Gasteiger partial charge in [-0.05, 0) is 30.2 Å². The highest BCUT2D eigenvalue weighted by atomic mass is 32.2. The topological polar surface area (TPSA) is 120 Å². The molecule has 0 aromatic heterocycles. The zero-order valence-electron chi connectivity index (χ0n) is 14.5. The molecule has 0 aliphatic carbocycles. The number of nitriles is 1. The Hall–Kier alpha value is -3.33. The van der Waals surface area contributed by atoms with E-state index in [1.807, 2.05) is 0 Å². The van der Waals surface area contributed by atoms with E-state index in [1.54, 1.807) is 0 Å². The summed E-state index contributed by atoms with van der Waals surface area (Å²) in [6.45, 7) is -0.439. The Labute approximate surface area is 163 Å². The third kappa shape index (κ3) is 6.08.